The molecule has 0 rings (SSSR count). The van der Waals surface area contributed by atoms with Crippen LogP contribution in [0.3, 0.4) is 0 Å². The number of hydrogen-bond donors (Lipinski definition) is 2. The molecule has 0 saturated carbocycles. The van der Waals surface area contributed by atoms with Gasteiger partial charge in [0, 0.05) is 12.1 Å². The monoisotopic (exact) mass is 146 g/mol. The summed E-state index contributed by atoms with van der Waals surface area (Å²) in [5.74, 6) is 0. The van der Waals surface area contributed by atoms with Crippen molar-refractivity contribution in [2.75, 3.05) is 13.7 Å². The first-order valence-corrected chi connectivity index (χ1v) is 3.08. The predicted octanol–water partition coefficient (Wildman–Crippen LogP) is 0.0797. The van der Waals surface area contributed by atoms with Gasteiger partial charge in [0.05, 0.1) is 7.11 Å². The second-order valence-corrected chi connectivity index (χ2v) is 2.70. The van der Waals surface area contributed by atoms with E-state index in [0.717, 1.165) is 0 Å². The van der Waals surface area contributed by atoms with Crippen molar-refractivity contribution in [2.45, 2.75) is 19.4 Å². The highest BCUT2D eigenvalue weighted by Gasteiger charge is 2.17. The fourth-order valence-corrected chi connectivity index (χ4v) is 0.378. The Hall–Kier alpha value is -0.770. The van der Waals surface area contributed by atoms with Crippen molar-refractivity contribution in [2.24, 2.45) is 5.73 Å². The van der Waals surface area contributed by atoms with Crippen molar-refractivity contribution >= 4 is 6.09 Å². The Morgan fingerprint density at radius 2 is 2.20 bits per heavy atom. The Labute approximate surface area is 60.7 Å². The summed E-state index contributed by atoms with van der Waals surface area (Å²) in [5, 5.41) is 2.57. The van der Waals surface area contributed by atoms with Crippen molar-refractivity contribution < 1.29 is 9.53 Å². The first-order chi connectivity index (χ1) is 4.52. The summed E-state index contributed by atoms with van der Waals surface area (Å²) in [6.07, 6.45) is -0.449. The van der Waals surface area contributed by atoms with Gasteiger partial charge in [0.25, 0.3) is 0 Å². The smallest absolute Gasteiger partial charge is 0.407 e. The molecule has 0 radical (unpaired) electrons. The molecule has 0 spiro atoms. The molecule has 10 heavy (non-hydrogen) atoms. The maximum absolute atomic E-state index is 10.6. The molecule has 0 atom stereocenters. The molecule has 3 N–H and O–H groups in total. The number of amides is 1. The molecule has 0 aromatic rings. The van der Waals surface area contributed by atoms with E-state index in [1.54, 1.807) is 0 Å². The summed E-state index contributed by atoms with van der Waals surface area (Å²) >= 11 is 0. The highest BCUT2D eigenvalue weighted by molar-refractivity contribution is 5.67. The molecule has 0 aliphatic carbocycles. The fraction of sp³-hybridized carbons (Fsp3) is 0.833. The third-order valence-electron chi connectivity index (χ3n) is 1.14. The Balaban J connectivity index is 3.76. The Kier molecular flexibility index (Phi) is 3.15. The Morgan fingerprint density at radius 3 is 2.50 bits per heavy atom. The SMILES string of the molecule is COC(=O)NC(C)(C)CN. The van der Waals surface area contributed by atoms with Crippen LogP contribution in [0.5, 0.6) is 0 Å². The summed E-state index contributed by atoms with van der Waals surface area (Å²) in [7, 11) is 1.32. The van der Waals surface area contributed by atoms with Crippen LogP contribution in [-0.2, 0) is 4.74 Å². The molecule has 0 bridgehead atoms. The van der Waals surface area contributed by atoms with Crippen LogP contribution in [0.15, 0.2) is 0 Å². The molecular formula is C6H14N2O2. The largest absolute Gasteiger partial charge is 0.453 e. The first kappa shape index (κ1) is 9.23. The second kappa shape index (κ2) is 3.41. The summed E-state index contributed by atoms with van der Waals surface area (Å²) < 4.78 is 4.38. The summed E-state index contributed by atoms with van der Waals surface area (Å²) in [6.45, 7) is 4.04. The van der Waals surface area contributed by atoms with Crippen molar-refractivity contribution in [1.82, 2.24) is 5.32 Å². The molecule has 0 unspecified atom stereocenters. The van der Waals surface area contributed by atoms with Gasteiger partial charge in [-0.15, -0.1) is 0 Å². The van der Waals surface area contributed by atoms with Gasteiger partial charge in [0.15, 0.2) is 0 Å². The minimum atomic E-state index is -0.449. The van der Waals surface area contributed by atoms with Gasteiger partial charge in [0.1, 0.15) is 0 Å². The standard InChI is InChI=1S/C6H14N2O2/c1-6(2,4-7)8-5(9)10-3/h4,7H2,1-3H3,(H,8,9). The number of nitrogens with one attached hydrogen (secondary N) is 1. The zero-order valence-electron chi connectivity index (χ0n) is 6.60. The van der Waals surface area contributed by atoms with E-state index in [4.69, 9.17) is 5.73 Å². The van der Waals surface area contributed by atoms with Gasteiger partial charge in [-0.2, -0.15) is 0 Å². The molecule has 60 valence electrons. The summed E-state index contributed by atoms with van der Waals surface area (Å²) in [5.41, 5.74) is 4.96. The number of rotatable bonds is 2. The number of ether oxygens (including phenoxy) is 1. The van der Waals surface area contributed by atoms with E-state index in [-0.39, 0.29) is 5.54 Å². The van der Waals surface area contributed by atoms with E-state index >= 15 is 0 Å². The summed E-state index contributed by atoms with van der Waals surface area (Å²) in [4.78, 5) is 10.6. The molecule has 0 heterocycles. The van der Waals surface area contributed by atoms with Crippen LogP contribution < -0.4 is 11.1 Å². The van der Waals surface area contributed by atoms with Crippen LogP contribution in [0.2, 0.25) is 0 Å². The zero-order valence-corrected chi connectivity index (χ0v) is 6.60. The molecule has 0 aliphatic heterocycles. The number of hydrogen-bond acceptors (Lipinski definition) is 3. The van der Waals surface area contributed by atoms with Crippen LogP contribution in [0.25, 0.3) is 0 Å². The molecule has 4 nitrogen and oxygen atoms in total. The van der Waals surface area contributed by atoms with Crippen molar-refractivity contribution in [3.05, 3.63) is 0 Å². The lowest BCUT2D eigenvalue weighted by Crippen LogP contribution is -2.48. The van der Waals surface area contributed by atoms with Gasteiger partial charge < -0.3 is 15.8 Å². The van der Waals surface area contributed by atoms with E-state index in [2.05, 4.69) is 10.1 Å². The molecule has 0 saturated heterocycles. The zero-order chi connectivity index (χ0) is 8.20. The van der Waals surface area contributed by atoms with Gasteiger partial charge >= 0.3 is 6.09 Å². The average molecular weight is 146 g/mol. The Bertz CT molecular complexity index is 123. The number of nitrogens with two attached hydrogens (primary N) is 1. The van der Waals surface area contributed by atoms with Gasteiger partial charge in [-0.3, -0.25) is 0 Å². The van der Waals surface area contributed by atoms with Gasteiger partial charge in [-0.05, 0) is 13.8 Å². The number of carbonyl (C=O) groups excluding carboxylic acids is 1. The Morgan fingerprint density at radius 1 is 1.70 bits per heavy atom. The van der Waals surface area contributed by atoms with Crippen LogP contribution in [0, 0.1) is 0 Å². The van der Waals surface area contributed by atoms with E-state index in [9.17, 15) is 4.79 Å². The first-order valence-electron chi connectivity index (χ1n) is 3.08. The molecule has 4 heteroatoms. The van der Waals surface area contributed by atoms with Crippen LogP contribution in [0.1, 0.15) is 13.8 Å². The highest BCUT2D eigenvalue weighted by atomic mass is 16.5. The highest BCUT2D eigenvalue weighted by Crippen LogP contribution is 1.97. The van der Waals surface area contributed by atoms with Crippen molar-refractivity contribution in [3.63, 3.8) is 0 Å². The quantitative estimate of drug-likeness (QED) is 0.580. The molecule has 0 aromatic heterocycles. The second-order valence-electron chi connectivity index (χ2n) is 2.70. The minimum Gasteiger partial charge on any atom is -0.453 e. The maximum Gasteiger partial charge on any atom is 0.407 e. The number of alkyl carbamates (subject to hydrolysis) is 1. The lowest BCUT2D eigenvalue weighted by atomic mass is 10.1. The van der Waals surface area contributed by atoms with E-state index in [1.165, 1.54) is 7.11 Å². The van der Waals surface area contributed by atoms with Gasteiger partial charge in [-0.25, -0.2) is 4.79 Å². The van der Waals surface area contributed by atoms with Crippen molar-refractivity contribution in [1.29, 1.82) is 0 Å². The third-order valence-corrected chi connectivity index (χ3v) is 1.14. The molecule has 0 aromatic carbocycles. The lowest BCUT2D eigenvalue weighted by Gasteiger charge is -2.22. The maximum atomic E-state index is 10.6. The van der Waals surface area contributed by atoms with Crippen LogP contribution in [0.4, 0.5) is 4.79 Å². The summed E-state index contributed by atoms with van der Waals surface area (Å²) in [6, 6.07) is 0. The van der Waals surface area contributed by atoms with E-state index in [0.29, 0.717) is 6.54 Å². The molecule has 1 amide bonds. The minimum absolute atomic E-state index is 0.382. The molecule has 0 fully saturated rings. The van der Waals surface area contributed by atoms with Crippen LogP contribution in [-0.4, -0.2) is 25.3 Å². The number of carbonyl (C=O) groups is 1. The van der Waals surface area contributed by atoms with Crippen LogP contribution >= 0.6 is 0 Å². The van der Waals surface area contributed by atoms with Gasteiger partial charge in [0.2, 0.25) is 0 Å². The topological polar surface area (TPSA) is 64.3 Å². The average Bonchev–Trinajstić information content (AvgIpc) is 1.87. The van der Waals surface area contributed by atoms with E-state index in [1.807, 2.05) is 13.8 Å². The van der Waals surface area contributed by atoms with Crippen molar-refractivity contribution in [3.8, 4) is 0 Å². The predicted molar refractivity (Wildman–Crippen MR) is 38.7 cm³/mol. The molecule has 0 aliphatic rings. The third kappa shape index (κ3) is 3.29. The number of methoxy groups -OCH3 is 1. The fourth-order valence-electron chi connectivity index (χ4n) is 0.378. The van der Waals surface area contributed by atoms with Gasteiger partial charge in [-0.1, -0.05) is 0 Å². The molecular weight excluding hydrogens is 132 g/mol. The normalized spacial score (nSPS) is 10.8. The lowest BCUT2D eigenvalue weighted by molar-refractivity contribution is 0.160. The van der Waals surface area contributed by atoms with E-state index < -0.39 is 6.09 Å².